The van der Waals surface area contributed by atoms with E-state index in [0.29, 0.717) is 18.3 Å². The molecule has 2 N–H and O–H groups in total. The molecule has 1 saturated heterocycles. The maximum absolute atomic E-state index is 12.0. The molecule has 0 radical (unpaired) electrons. The van der Waals surface area contributed by atoms with Crippen LogP contribution in [0.25, 0.3) is 0 Å². The number of likely N-dealkylation sites (tertiary alicyclic amines) is 1. The van der Waals surface area contributed by atoms with Gasteiger partial charge in [-0.25, -0.2) is 4.98 Å². The van der Waals surface area contributed by atoms with Crippen molar-refractivity contribution in [3.8, 4) is 0 Å². The topological polar surface area (TPSA) is 57.3 Å². The van der Waals surface area contributed by atoms with E-state index in [1.54, 1.807) is 12.3 Å². The Hall–Kier alpha value is -0.400. The number of halogens is 3. The number of nitrogens with zero attached hydrogens (tertiary/aromatic N) is 2. The minimum atomic E-state index is 0. The first-order valence-corrected chi connectivity index (χ1v) is 7.75. The SMILES string of the molecule is CNCC1CCCN(CC(=O)Nc2ccc(Br)cn2)C1.Cl.Cl. The van der Waals surface area contributed by atoms with Crippen LogP contribution >= 0.6 is 40.7 Å². The Labute approximate surface area is 152 Å². The van der Waals surface area contributed by atoms with Crippen LogP contribution in [-0.2, 0) is 4.79 Å². The van der Waals surface area contributed by atoms with Crippen molar-refractivity contribution in [2.24, 2.45) is 5.92 Å². The summed E-state index contributed by atoms with van der Waals surface area (Å²) in [6, 6.07) is 3.66. The molecule has 22 heavy (non-hydrogen) atoms. The maximum Gasteiger partial charge on any atom is 0.239 e. The van der Waals surface area contributed by atoms with Crippen molar-refractivity contribution in [2.45, 2.75) is 12.8 Å². The maximum atomic E-state index is 12.0. The third kappa shape index (κ3) is 7.24. The number of hydrogen-bond acceptors (Lipinski definition) is 4. The summed E-state index contributed by atoms with van der Waals surface area (Å²) < 4.78 is 0.904. The van der Waals surface area contributed by atoms with Crippen LogP contribution in [0.3, 0.4) is 0 Å². The van der Waals surface area contributed by atoms with Crippen LogP contribution in [0, 0.1) is 5.92 Å². The van der Waals surface area contributed by atoms with Crippen LogP contribution < -0.4 is 10.6 Å². The molecule has 2 heterocycles. The average Bonchev–Trinajstić information content (AvgIpc) is 2.42. The minimum Gasteiger partial charge on any atom is -0.319 e. The van der Waals surface area contributed by atoms with Gasteiger partial charge in [0.25, 0.3) is 0 Å². The number of anilines is 1. The zero-order chi connectivity index (χ0) is 14.4. The van der Waals surface area contributed by atoms with Gasteiger partial charge in [-0.05, 0) is 67.0 Å². The highest BCUT2D eigenvalue weighted by Gasteiger charge is 2.21. The van der Waals surface area contributed by atoms with Crippen LogP contribution in [0.15, 0.2) is 22.8 Å². The van der Waals surface area contributed by atoms with Crippen molar-refractivity contribution in [2.75, 3.05) is 38.5 Å². The highest BCUT2D eigenvalue weighted by molar-refractivity contribution is 9.10. The van der Waals surface area contributed by atoms with Crippen molar-refractivity contribution >= 4 is 52.5 Å². The summed E-state index contributed by atoms with van der Waals surface area (Å²) in [5.74, 6) is 1.25. The van der Waals surface area contributed by atoms with Crippen LogP contribution in [0.4, 0.5) is 5.82 Å². The lowest BCUT2D eigenvalue weighted by Crippen LogP contribution is -2.42. The van der Waals surface area contributed by atoms with E-state index >= 15 is 0 Å². The molecule has 0 saturated carbocycles. The monoisotopic (exact) mass is 412 g/mol. The molecule has 0 bridgehead atoms. The Kier molecular flexibility index (Phi) is 11.0. The molecule has 1 aromatic rings. The van der Waals surface area contributed by atoms with Crippen molar-refractivity contribution in [1.82, 2.24) is 15.2 Å². The molecular weight excluding hydrogens is 391 g/mol. The Morgan fingerprint density at radius 1 is 1.45 bits per heavy atom. The highest BCUT2D eigenvalue weighted by atomic mass is 79.9. The summed E-state index contributed by atoms with van der Waals surface area (Å²) in [7, 11) is 1.98. The summed E-state index contributed by atoms with van der Waals surface area (Å²) in [4.78, 5) is 18.4. The second kappa shape index (κ2) is 11.2. The summed E-state index contributed by atoms with van der Waals surface area (Å²) in [6.07, 6.45) is 4.09. The zero-order valence-corrected chi connectivity index (χ0v) is 15.8. The zero-order valence-electron chi connectivity index (χ0n) is 12.5. The van der Waals surface area contributed by atoms with Gasteiger partial charge in [0.05, 0.1) is 6.54 Å². The number of rotatable bonds is 5. The van der Waals surface area contributed by atoms with E-state index in [1.807, 2.05) is 13.1 Å². The van der Waals surface area contributed by atoms with E-state index in [4.69, 9.17) is 0 Å². The van der Waals surface area contributed by atoms with Crippen molar-refractivity contribution in [1.29, 1.82) is 0 Å². The second-order valence-corrected chi connectivity index (χ2v) is 6.13. The van der Waals surface area contributed by atoms with Crippen LogP contribution in [0.5, 0.6) is 0 Å². The first-order valence-electron chi connectivity index (χ1n) is 6.95. The molecule has 8 heteroatoms. The molecule has 0 aliphatic carbocycles. The highest BCUT2D eigenvalue weighted by Crippen LogP contribution is 2.15. The average molecular weight is 414 g/mol. The van der Waals surface area contributed by atoms with Gasteiger partial charge in [0.1, 0.15) is 5.82 Å². The van der Waals surface area contributed by atoms with E-state index in [9.17, 15) is 4.79 Å². The number of amides is 1. The lowest BCUT2D eigenvalue weighted by atomic mass is 9.98. The molecule has 0 aromatic carbocycles. The number of piperidine rings is 1. The van der Waals surface area contributed by atoms with Gasteiger partial charge < -0.3 is 10.6 Å². The molecule has 1 fully saturated rings. The fraction of sp³-hybridized carbons (Fsp3) is 0.571. The predicted octanol–water partition coefficient (Wildman–Crippen LogP) is 2.56. The lowest BCUT2D eigenvalue weighted by Gasteiger charge is -2.32. The third-order valence-corrected chi connectivity index (χ3v) is 3.93. The second-order valence-electron chi connectivity index (χ2n) is 5.21. The Balaban J connectivity index is 0.00000220. The van der Waals surface area contributed by atoms with Gasteiger partial charge in [-0.2, -0.15) is 0 Å². The van der Waals surface area contributed by atoms with Gasteiger partial charge in [-0.1, -0.05) is 0 Å². The molecule has 1 atom stereocenters. The normalized spacial score (nSPS) is 18.0. The van der Waals surface area contributed by atoms with E-state index in [2.05, 4.69) is 36.4 Å². The summed E-state index contributed by atoms with van der Waals surface area (Å²) in [6.45, 7) is 3.45. The standard InChI is InChI=1S/C14H21BrN4O.2ClH/c1-16-7-11-3-2-6-19(9-11)10-14(20)18-13-5-4-12(15)8-17-13;;/h4-5,8,11,16H,2-3,6-7,9-10H2,1H3,(H,17,18,20);2*1H. The van der Waals surface area contributed by atoms with E-state index in [0.717, 1.165) is 30.5 Å². The Bertz CT molecular complexity index is 445. The lowest BCUT2D eigenvalue weighted by molar-refractivity contribution is -0.117. The van der Waals surface area contributed by atoms with Gasteiger partial charge in [-0.3, -0.25) is 9.69 Å². The first kappa shape index (κ1) is 21.6. The fourth-order valence-electron chi connectivity index (χ4n) is 2.59. The van der Waals surface area contributed by atoms with Gasteiger partial charge in [-0.15, -0.1) is 24.8 Å². The van der Waals surface area contributed by atoms with Crippen LogP contribution in [0.2, 0.25) is 0 Å². The molecule has 5 nitrogen and oxygen atoms in total. The quantitative estimate of drug-likeness (QED) is 0.778. The van der Waals surface area contributed by atoms with Crippen molar-refractivity contribution in [3.63, 3.8) is 0 Å². The van der Waals surface area contributed by atoms with Crippen molar-refractivity contribution in [3.05, 3.63) is 22.8 Å². The smallest absolute Gasteiger partial charge is 0.239 e. The molecule has 1 amide bonds. The first-order chi connectivity index (χ1) is 9.67. The Morgan fingerprint density at radius 2 is 2.23 bits per heavy atom. The number of nitrogens with one attached hydrogen (secondary N) is 2. The molecule has 1 unspecified atom stereocenters. The fourth-order valence-corrected chi connectivity index (χ4v) is 2.82. The molecule has 126 valence electrons. The number of carbonyl (C=O) groups is 1. The molecular formula is C14H23BrCl2N4O. The summed E-state index contributed by atoms with van der Waals surface area (Å²) in [5, 5.41) is 6.05. The number of aromatic nitrogens is 1. The molecule has 1 aromatic heterocycles. The summed E-state index contributed by atoms with van der Waals surface area (Å²) in [5.41, 5.74) is 0. The van der Waals surface area contributed by atoms with E-state index in [-0.39, 0.29) is 30.7 Å². The van der Waals surface area contributed by atoms with Crippen LogP contribution in [0.1, 0.15) is 12.8 Å². The van der Waals surface area contributed by atoms with E-state index < -0.39 is 0 Å². The Morgan fingerprint density at radius 3 is 2.86 bits per heavy atom. The number of pyridine rings is 1. The van der Waals surface area contributed by atoms with Gasteiger partial charge in [0.15, 0.2) is 0 Å². The minimum absolute atomic E-state index is 0. The number of carbonyl (C=O) groups excluding carboxylic acids is 1. The van der Waals surface area contributed by atoms with Gasteiger partial charge in [0, 0.05) is 17.2 Å². The largest absolute Gasteiger partial charge is 0.319 e. The molecule has 0 spiro atoms. The van der Waals surface area contributed by atoms with E-state index in [1.165, 1.54) is 6.42 Å². The number of hydrogen-bond donors (Lipinski definition) is 2. The third-order valence-electron chi connectivity index (χ3n) is 3.46. The molecule has 2 rings (SSSR count). The molecule has 1 aliphatic rings. The van der Waals surface area contributed by atoms with Gasteiger partial charge >= 0.3 is 0 Å². The van der Waals surface area contributed by atoms with Crippen LogP contribution in [-0.4, -0.2) is 49.0 Å². The predicted molar refractivity (Wildman–Crippen MR) is 98.2 cm³/mol. The summed E-state index contributed by atoms with van der Waals surface area (Å²) >= 11 is 3.32. The molecule has 1 aliphatic heterocycles. The van der Waals surface area contributed by atoms with Gasteiger partial charge in [0.2, 0.25) is 5.91 Å². The van der Waals surface area contributed by atoms with Crippen molar-refractivity contribution < 1.29 is 4.79 Å².